The summed E-state index contributed by atoms with van der Waals surface area (Å²) in [6, 6.07) is 12.9. The Balaban J connectivity index is 1.58. The number of aromatic nitrogens is 2. The van der Waals surface area contributed by atoms with E-state index in [2.05, 4.69) is 39.6 Å². The zero-order chi connectivity index (χ0) is 16.2. The largest absolute Gasteiger partial charge is 0.310 e. The molecule has 3 rings (SSSR count). The van der Waals surface area contributed by atoms with Crippen molar-refractivity contribution in [3.63, 3.8) is 0 Å². The van der Waals surface area contributed by atoms with Crippen molar-refractivity contribution < 1.29 is 4.79 Å². The van der Waals surface area contributed by atoms with Crippen LogP contribution in [0.25, 0.3) is 0 Å². The molecule has 2 heterocycles. The van der Waals surface area contributed by atoms with Gasteiger partial charge in [-0.25, -0.2) is 0 Å². The second kappa shape index (κ2) is 6.96. The maximum Gasteiger partial charge on any atom is 0.239 e. The second-order valence-corrected chi connectivity index (χ2v) is 6.30. The van der Waals surface area contributed by atoms with Crippen molar-refractivity contribution in [2.75, 3.05) is 18.4 Å². The van der Waals surface area contributed by atoms with E-state index >= 15 is 0 Å². The Bertz CT molecular complexity index is 665. The molecule has 0 unspecified atom stereocenters. The Labute approximate surface area is 137 Å². The molecular weight excluding hydrogens is 288 g/mol. The molecule has 1 atom stereocenters. The molecule has 1 amide bonds. The van der Waals surface area contributed by atoms with Crippen molar-refractivity contribution in [2.45, 2.75) is 32.2 Å². The molecule has 23 heavy (non-hydrogen) atoms. The fourth-order valence-corrected chi connectivity index (χ4v) is 3.32. The third kappa shape index (κ3) is 3.99. The molecular formula is C18H24N4O. The van der Waals surface area contributed by atoms with Crippen LogP contribution in [-0.4, -0.2) is 39.7 Å². The quantitative estimate of drug-likeness (QED) is 0.922. The third-order valence-electron chi connectivity index (χ3n) is 4.43. The van der Waals surface area contributed by atoms with E-state index in [0.717, 1.165) is 37.3 Å². The van der Waals surface area contributed by atoms with E-state index in [9.17, 15) is 4.79 Å². The van der Waals surface area contributed by atoms with E-state index in [-0.39, 0.29) is 5.91 Å². The molecule has 2 aromatic rings. The van der Waals surface area contributed by atoms with Gasteiger partial charge in [0.25, 0.3) is 0 Å². The number of aryl methyl sites for hydroxylation is 2. The Kier molecular flexibility index (Phi) is 4.76. The summed E-state index contributed by atoms with van der Waals surface area (Å²) < 4.78 is 1.71. The first kappa shape index (κ1) is 15.7. The van der Waals surface area contributed by atoms with Gasteiger partial charge >= 0.3 is 0 Å². The van der Waals surface area contributed by atoms with Crippen molar-refractivity contribution in [1.29, 1.82) is 0 Å². The zero-order valence-electron chi connectivity index (χ0n) is 13.8. The van der Waals surface area contributed by atoms with Gasteiger partial charge in [-0.05, 0) is 38.3 Å². The number of benzene rings is 1. The van der Waals surface area contributed by atoms with Crippen LogP contribution in [-0.2, 0) is 18.3 Å². The highest BCUT2D eigenvalue weighted by molar-refractivity contribution is 5.91. The van der Waals surface area contributed by atoms with Crippen molar-refractivity contribution >= 4 is 11.7 Å². The number of amides is 1. The average molecular weight is 312 g/mol. The molecule has 0 aliphatic carbocycles. The maximum absolute atomic E-state index is 12.3. The summed E-state index contributed by atoms with van der Waals surface area (Å²) in [6.07, 6.45) is 3.33. The molecule has 0 radical (unpaired) electrons. The number of likely N-dealkylation sites (tertiary alicyclic amines) is 1. The number of nitrogens with zero attached hydrogens (tertiary/aromatic N) is 3. The number of carbonyl (C=O) groups excluding carboxylic acids is 1. The van der Waals surface area contributed by atoms with Gasteiger partial charge < -0.3 is 5.32 Å². The molecule has 1 aromatic heterocycles. The normalized spacial score (nSPS) is 18.3. The lowest BCUT2D eigenvalue weighted by molar-refractivity contribution is -0.117. The van der Waals surface area contributed by atoms with Crippen LogP contribution >= 0.6 is 0 Å². The predicted octanol–water partition coefficient (Wildman–Crippen LogP) is 2.37. The number of hydrogen-bond acceptors (Lipinski definition) is 3. The van der Waals surface area contributed by atoms with Gasteiger partial charge in [0.15, 0.2) is 0 Å². The SMILES string of the molecule is Cc1cc(NC(=O)CN2CCC[C@@H]2Cc2ccccc2)n(C)n1. The number of rotatable bonds is 5. The van der Waals surface area contributed by atoms with E-state index in [1.165, 1.54) is 5.56 Å². The highest BCUT2D eigenvalue weighted by atomic mass is 16.2. The molecule has 122 valence electrons. The Morgan fingerprint density at radius 3 is 2.83 bits per heavy atom. The molecule has 1 N–H and O–H groups in total. The van der Waals surface area contributed by atoms with Crippen LogP contribution in [0.15, 0.2) is 36.4 Å². The van der Waals surface area contributed by atoms with Crippen molar-refractivity contribution in [2.24, 2.45) is 7.05 Å². The van der Waals surface area contributed by atoms with Gasteiger partial charge in [-0.15, -0.1) is 0 Å². The van der Waals surface area contributed by atoms with E-state index in [0.29, 0.717) is 12.6 Å². The van der Waals surface area contributed by atoms with Gasteiger partial charge in [0.1, 0.15) is 5.82 Å². The fraction of sp³-hybridized carbons (Fsp3) is 0.444. The summed E-state index contributed by atoms with van der Waals surface area (Å²) in [6.45, 7) is 3.36. The molecule has 5 heteroatoms. The summed E-state index contributed by atoms with van der Waals surface area (Å²) in [5.74, 6) is 0.791. The predicted molar refractivity (Wildman–Crippen MR) is 91.3 cm³/mol. The van der Waals surface area contributed by atoms with E-state index in [1.54, 1.807) is 4.68 Å². The molecule has 0 spiro atoms. The molecule has 1 aromatic carbocycles. The number of carbonyl (C=O) groups is 1. The molecule has 1 saturated heterocycles. The molecule has 1 fully saturated rings. The van der Waals surface area contributed by atoms with Gasteiger partial charge in [0.05, 0.1) is 12.2 Å². The summed E-state index contributed by atoms with van der Waals surface area (Å²) >= 11 is 0. The Morgan fingerprint density at radius 2 is 2.13 bits per heavy atom. The smallest absolute Gasteiger partial charge is 0.239 e. The highest BCUT2D eigenvalue weighted by Gasteiger charge is 2.26. The van der Waals surface area contributed by atoms with Crippen LogP contribution in [0.2, 0.25) is 0 Å². The minimum Gasteiger partial charge on any atom is -0.310 e. The zero-order valence-corrected chi connectivity index (χ0v) is 13.8. The number of anilines is 1. The first-order chi connectivity index (χ1) is 11.1. The summed E-state index contributed by atoms with van der Waals surface area (Å²) in [5.41, 5.74) is 2.25. The van der Waals surface area contributed by atoms with Gasteiger partial charge in [0, 0.05) is 19.2 Å². The van der Waals surface area contributed by atoms with Crippen molar-refractivity contribution in [3.05, 3.63) is 47.7 Å². The minimum atomic E-state index is 0.0351. The summed E-state index contributed by atoms with van der Waals surface area (Å²) in [4.78, 5) is 14.6. The molecule has 1 aliphatic rings. The lowest BCUT2D eigenvalue weighted by atomic mass is 10.0. The van der Waals surface area contributed by atoms with Gasteiger partial charge in [0.2, 0.25) is 5.91 Å². The molecule has 1 aliphatic heterocycles. The second-order valence-electron chi connectivity index (χ2n) is 6.30. The molecule has 0 bridgehead atoms. The number of hydrogen-bond donors (Lipinski definition) is 1. The Morgan fingerprint density at radius 1 is 1.35 bits per heavy atom. The monoisotopic (exact) mass is 312 g/mol. The fourth-order valence-electron chi connectivity index (χ4n) is 3.32. The average Bonchev–Trinajstić information content (AvgIpc) is 3.07. The van der Waals surface area contributed by atoms with Gasteiger partial charge in [-0.2, -0.15) is 5.10 Å². The van der Waals surface area contributed by atoms with Crippen LogP contribution in [0.3, 0.4) is 0 Å². The van der Waals surface area contributed by atoms with Crippen LogP contribution < -0.4 is 5.32 Å². The molecule has 5 nitrogen and oxygen atoms in total. The third-order valence-corrected chi connectivity index (χ3v) is 4.43. The van der Waals surface area contributed by atoms with Gasteiger partial charge in [-0.1, -0.05) is 30.3 Å². The first-order valence-corrected chi connectivity index (χ1v) is 8.20. The highest BCUT2D eigenvalue weighted by Crippen LogP contribution is 2.21. The van der Waals surface area contributed by atoms with E-state index in [1.807, 2.05) is 26.1 Å². The molecule has 0 saturated carbocycles. The minimum absolute atomic E-state index is 0.0351. The topological polar surface area (TPSA) is 50.2 Å². The lowest BCUT2D eigenvalue weighted by Crippen LogP contribution is -2.38. The summed E-state index contributed by atoms with van der Waals surface area (Å²) in [7, 11) is 1.84. The van der Waals surface area contributed by atoms with E-state index < -0.39 is 0 Å². The van der Waals surface area contributed by atoms with Gasteiger partial charge in [-0.3, -0.25) is 14.4 Å². The lowest BCUT2D eigenvalue weighted by Gasteiger charge is -2.24. The van der Waals surface area contributed by atoms with E-state index in [4.69, 9.17) is 0 Å². The van der Waals surface area contributed by atoms with Crippen LogP contribution in [0, 0.1) is 6.92 Å². The first-order valence-electron chi connectivity index (χ1n) is 8.20. The van der Waals surface area contributed by atoms with Crippen LogP contribution in [0.4, 0.5) is 5.82 Å². The Hall–Kier alpha value is -2.14. The summed E-state index contributed by atoms with van der Waals surface area (Å²) in [5, 5.41) is 7.22. The number of nitrogens with one attached hydrogen (secondary N) is 1. The maximum atomic E-state index is 12.3. The van der Waals surface area contributed by atoms with Crippen molar-refractivity contribution in [1.82, 2.24) is 14.7 Å². The van der Waals surface area contributed by atoms with Crippen molar-refractivity contribution in [3.8, 4) is 0 Å². The van der Waals surface area contributed by atoms with Crippen LogP contribution in [0.5, 0.6) is 0 Å². The standard InChI is InChI=1S/C18H24N4O/c1-14-11-17(21(2)20-14)19-18(23)13-22-10-6-9-16(22)12-15-7-4-3-5-8-15/h3-5,7-8,11,16H,6,9-10,12-13H2,1-2H3,(H,19,23)/t16-/m1/s1. The van der Waals surface area contributed by atoms with Crippen LogP contribution in [0.1, 0.15) is 24.1 Å².